The lowest BCUT2D eigenvalue weighted by atomic mass is 10.1. The molecule has 0 saturated heterocycles. The lowest BCUT2D eigenvalue weighted by Gasteiger charge is -2.32. The van der Waals surface area contributed by atoms with Gasteiger partial charge in [-0.2, -0.15) is 4.31 Å². The third kappa shape index (κ3) is 6.60. The molecule has 1 atom stereocenters. The predicted octanol–water partition coefficient (Wildman–Crippen LogP) is 4.37. The number of carbonyl (C=O) groups is 2. The van der Waals surface area contributed by atoms with Crippen LogP contribution in [0.5, 0.6) is 0 Å². The highest BCUT2D eigenvalue weighted by Gasteiger charge is 2.32. The third-order valence-corrected chi connectivity index (χ3v) is 9.16. The number of nitrogens with zero attached hydrogens (tertiary/aromatic N) is 2. The largest absolute Gasteiger partial charge is 0.352 e. The molecule has 0 aromatic heterocycles. The van der Waals surface area contributed by atoms with Crippen molar-refractivity contribution in [3.05, 3.63) is 78.4 Å². The third-order valence-electron chi connectivity index (χ3n) is 7.36. The number of hydrogen-bond donors (Lipinski definition) is 1. The molecule has 202 valence electrons. The van der Waals surface area contributed by atoms with Gasteiger partial charge in [-0.3, -0.25) is 9.59 Å². The topological polar surface area (TPSA) is 86.8 Å². The molecule has 0 spiro atoms. The first kappa shape index (κ1) is 27.8. The first-order chi connectivity index (χ1) is 18.3. The Balaban J connectivity index is 1.53. The molecule has 1 saturated carbocycles. The molecular formula is C30H37N3O4S. The van der Waals surface area contributed by atoms with Crippen molar-refractivity contribution in [3.8, 4) is 0 Å². The van der Waals surface area contributed by atoms with Crippen molar-refractivity contribution < 1.29 is 18.0 Å². The molecule has 0 unspecified atom stereocenters. The van der Waals surface area contributed by atoms with Crippen molar-refractivity contribution in [3.63, 3.8) is 0 Å². The summed E-state index contributed by atoms with van der Waals surface area (Å²) in [5.41, 5.74) is 1.05. The minimum atomic E-state index is -3.91. The Morgan fingerprint density at radius 3 is 2.29 bits per heavy atom. The quantitative estimate of drug-likeness (QED) is 0.395. The number of carbonyl (C=O) groups excluding carboxylic acids is 2. The number of fused-ring (bicyclic) bond motifs is 1. The van der Waals surface area contributed by atoms with Gasteiger partial charge in [-0.25, -0.2) is 8.42 Å². The molecule has 7 nitrogen and oxygen atoms in total. The maximum absolute atomic E-state index is 13.6. The van der Waals surface area contributed by atoms with Gasteiger partial charge < -0.3 is 10.2 Å². The number of hydrogen-bond acceptors (Lipinski definition) is 4. The summed E-state index contributed by atoms with van der Waals surface area (Å²) in [4.78, 5) is 28.6. The van der Waals surface area contributed by atoms with Gasteiger partial charge in [-0.05, 0) is 54.2 Å². The molecule has 0 aliphatic heterocycles. The van der Waals surface area contributed by atoms with Crippen molar-refractivity contribution >= 4 is 32.6 Å². The maximum atomic E-state index is 13.6. The van der Waals surface area contributed by atoms with Gasteiger partial charge in [0.25, 0.3) is 0 Å². The highest BCUT2D eigenvalue weighted by molar-refractivity contribution is 7.89. The highest BCUT2D eigenvalue weighted by atomic mass is 32.2. The number of nitrogens with one attached hydrogen (secondary N) is 1. The Morgan fingerprint density at radius 1 is 0.947 bits per heavy atom. The van der Waals surface area contributed by atoms with Gasteiger partial charge in [0.1, 0.15) is 6.04 Å². The van der Waals surface area contributed by atoms with Crippen LogP contribution in [0, 0.1) is 0 Å². The average molecular weight is 536 g/mol. The zero-order valence-corrected chi connectivity index (χ0v) is 23.0. The van der Waals surface area contributed by atoms with E-state index in [1.54, 1.807) is 23.1 Å². The molecule has 4 rings (SSSR count). The van der Waals surface area contributed by atoms with E-state index in [0.717, 1.165) is 46.3 Å². The van der Waals surface area contributed by atoms with Crippen LogP contribution in [0.15, 0.2) is 77.7 Å². The number of sulfonamides is 1. The second-order valence-electron chi connectivity index (χ2n) is 10.0. The van der Waals surface area contributed by atoms with Gasteiger partial charge in [0.15, 0.2) is 0 Å². The van der Waals surface area contributed by atoms with Crippen LogP contribution in [0.4, 0.5) is 0 Å². The van der Waals surface area contributed by atoms with E-state index in [-0.39, 0.29) is 29.3 Å². The van der Waals surface area contributed by atoms with E-state index in [4.69, 9.17) is 0 Å². The second kappa shape index (κ2) is 12.5. The van der Waals surface area contributed by atoms with Gasteiger partial charge in [0, 0.05) is 19.6 Å². The molecule has 2 amide bonds. The summed E-state index contributed by atoms with van der Waals surface area (Å²) < 4.78 is 27.9. The molecule has 1 N–H and O–H groups in total. The van der Waals surface area contributed by atoms with Crippen LogP contribution in [0.1, 0.15) is 44.6 Å². The first-order valence-corrected chi connectivity index (χ1v) is 14.8. The molecule has 3 aromatic carbocycles. The fourth-order valence-electron chi connectivity index (χ4n) is 5.14. The van der Waals surface area contributed by atoms with E-state index < -0.39 is 16.1 Å². The van der Waals surface area contributed by atoms with Crippen molar-refractivity contribution in [2.24, 2.45) is 0 Å². The Bertz CT molecular complexity index is 1350. The standard InChI is InChI=1S/C30H37N3O4S/c1-3-28(30(35)31-26-15-9-10-16-26)33(20-19-23-11-5-4-6-12-23)29(34)22-32(2)38(36,37)27-18-17-24-13-7-8-14-25(24)21-27/h4-8,11-14,17-18,21,26,28H,3,9-10,15-16,19-20,22H2,1-2H3,(H,31,35)/t28-/m0/s1. The summed E-state index contributed by atoms with van der Waals surface area (Å²) in [6.45, 7) is 1.86. The SMILES string of the molecule is CC[C@@H](C(=O)NC1CCCC1)N(CCc1ccccc1)C(=O)CN(C)S(=O)(=O)c1ccc2ccccc2c1. The van der Waals surface area contributed by atoms with Gasteiger partial charge in [0.05, 0.1) is 11.4 Å². The molecule has 38 heavy (non-hydrogen) atoms. The molecule has 3 aromatic rings. The van der Waals surface area contributed by atoms with Crippen LogP contribution in [0.2, 0.25) is 0 Å². The summed E-state index contributed by atoms with van der Waals surface area (Å²) in [6, 6.07) is 21.8. The Hall–Kier alpha value is -3.23. The average Bonchev–Trinajstić information content (AvgIpc) is 3.44. The summed E-state index contributed by atoms with van der Waals surface area (Å²) in [7, 11) is -2.50. The molecule has 1 aliphatic rings. The molecule has 1 fully saturated rings. The summed E-state index contributed by atoms with van der Waals surface area (Å²) in [5, 5.41) is 4.88. The zero-order valence-electron chi connectivity index (χ0n) is 22.2. The van der Waals surface area contributed by atoms with E-state index in [1.807, 2.05) is 61.5 Å². The molecule has 8 heteroatoms. The monoisotopic (exact) mass is 535 g/mol. The van der Waals surface area contributed by atoms with Gasteiger partial charge in [-0.15, -0.1) is 0 Å². The minimum absolute atomic E-state index is 0.133. The molecular weight excluding hydrogens is 498 g/mol. The number of amides is 2. The summed E-state index contributed by atoms with van der Waals surface area (Å²) >= 11 is 0. The van der Waals surface area contributed by atoms with Crippen LogP contribution in [0.25, 0.3) is 10.8 Å². The second-order valence-corrected chi connectivity index (χ2v) is 12.1. The Labute approximate surface area is 225 Å². The van der Waals surface area contributed by atoms with E-state index in [1.165, 1.54) is 7.05 Å². The number of benzene rings is 3. The number of rotatable bonds is 11. The summed E-state index contributed by atoms with van der Waals surface area (Å²) in [6.07, 6.45) is 5.10. The van der Waals surface area contributed by atoms with Gasteiger partial charge in [-0.1, -0.05) is 80.4 Å². The lowest BCUT2D eigenvalue weighted by Crippen LogP contribution is -2.54. The van der Waals surface area contributed by atoms with E-state index in [2.05, 4.69) is 5.32 Å². The van der Waals surface area contributed by atoms with E-state index in [9.17, 15) is 18.0 Å². The van der Waals surface area contributed by atoms with Crippen molar-refractivity contribution in [2.45, 2.75) is 62.4 Å². The van der Waals surface area contributed by atoms with Crippen LogP contribution < -0.4 is 5.32 Å². The maximum Gasteiger partial charge on any atom is 0.243 e. The van der Waals surface area contributed by atoms with Crippen molar-refractivity contribution in [1.82, 2.24) is 14.5 Å². The zero-order chi connectivity index (χ0) is 27.1. The fraction of sp³-hybridized carbons (Fsp3) is 0.400. The van der Waals surface area contributed by atoms with E-state index in [0.29, 0.717) is 19.4 Å². The smallest absolute Gasteiger partial charge is 0.243 e. The van der Waals surface area contributed by atoms with Gasteiger partial charge >= 0.3 is 0 Å². The van der Waals surface area contributed by atoms with Crippen LogP contribution >= 0.6 is 0 Å². The van der Waals surface area contributed by atoms with Gasteiger partial charge in [0.2, 0.25) is 21.8 Å². The Morgan fingerprint density at radius 2 is 1.61 bits per heavy atom. The fourth-order valence-corrected chi connectivity index (χ4v) is 6.29. The number of likely N-dealkylation sites (N-methyl/N-ethyl adjacent to an activating group) is 1. The van der Waals surface area contributed by atoms with Crippen LogP contribution in [-0.2, 0) is 26.0 Å². The highest BCUT2D eigenvalue weighted by Crippen LogP contribution is 2.22. The van der Waals surface area contributed by atoms with E-state index >= 15 is 0 Å². The molecule has 0 bridgehead atoms. The van der Waals surface area contributed by atoms with Crippen molar-refractivity contribution in [2.75, 3.05) is 20.1 Å². The first-order valence-electron chi connectivity index (χ1n) is 13.4. The Kier molecular flexibility index (Phi) is 9.17. The van der Waals surface area contributed by atoms with Crippen LogP contribution in [-0.4, -0.2) is 61.7 Å². The predicted molar refractivity (Wildman–Crippen MR) is 150 cm³/mol. The van der Waals surface area contributed by atoms with Crippen LogP contribution in [0.3, 0.4) is 0 Å². The molecule has 0 heterocycles. The molecule has 0 radical (unpaired) electrons. The molecule has 1 aliphatic carbocycles. The van der Waals surface area contributed by atoms with Crippen molar-refractivity contribution in [1.29, 1.82) is 0 Å². The normalized spacial score (nSPS) is 15.0. The lowest BCUT2D eigenvalue weighted by molar-refractivity contribution is -0.141. The minimum Gasteiger partial charge on any atom is -0.352 e. The summed E-state index contributed by atoms with van der Waals surface area (Å²) in [5.74, 6) is -0.554.